The molecule has 0 radical (unpaired) electrons. The zero-order valence-corrected chi connectivity index (χ0v) is 85.3. The lowest BCUT2D eigenvalue weighted by atomic mass is 9.82. The summed E-state index contributed by atoms with van der Waals surface area (Å²) in [5, 5.41) is 41.4. The van der Waals surface area contributed by atoms with Gasteiger partial charge < -0.3 is 63.6 Å². The smallest absolute Gasteiger partial charge is 0.119 e. The normalized spacial score (nSPS) is 18.1. The van der Waals surface area contributed by atoms with Crippen LogP contribution in [0.3, 0.4) is 0 Å². The van der Waals surface area contributed by atoms with Crippen molar-refractivity contribution in [2.45, 2.75) is 196 Å². The van der Waals surface area contributed by atoms with Crippen LogP contribution in [0.1, 0.15) is 216 Å². The van der Waals surface area contributed by atoms with Gasteiger partial charge in [0, 0.05) is 176 Å². The maximum atomic E-state index is 10.2. The second-order valence-electron chi connectivity index (χ2n) is 38.1. The first-order chi connectivity index (χ1) is 68.6. The van der Waals surface area contributed by atoms with E-state index in [0.717, 1.165) is 138 Å². The minimum atomic E-state index is -0.663. The standard InChI is InChI=1S/C27H33ClN2O3.C25H26BrN3O2.C23H23BrN4O2.C21H22ClN.C20H20ClNO/c1-31-22(17-30-12-14-32-15-13-30)18-33-21-9-6-19(7-10-21)23-4-2-3-5-24-25-16-20(28)8-11-26(25)29-27(23)24;26-18-8-11-24-23(14-18)22-5-2-1-4-21(25(22)28-24)17-6-9-20(10-7-17)31-16-19(30)15-29-13-3-12-27-29;24-16-6-9-22-21(12-16)20-3-1-2-19(23(20)27-22)15-4-7-18(8-5-15)30-14-17(29)13-28-25-10-11-26-28;1-2-14-7-9-15(10-8-14)17-5-3-4-6-18-19-13-16(22)11-12-20(19)23-21(17)18;1-23-15-9-6-13(7-10-15)16-4-2-3-5-17-18-12-14(21)8-11-19(18)22-20(16)17/h6-11,16,22-23,29H,2-5,12-15,17-18H2,1H3;3,6-14,19,21,28,30H,1-2,4-5,15-16H2;4-12,17,19,27,29H,1-3,13-14H2;7-13,17,23H,2-6H2,1H3;6-12,16,22H,2-5H2,1H3. The fourth-order valence-electron chi connectivity index (χ4n) is 21.8. The molecule has 8 unspecified atom stereocenters. The van der Waals surface area contributed by atoms with Gasteiger partial charge in [0.05, 0.1) is 45.8 Å². The molecule has 7 aromatic heterocycles. The number of morpholine rings is 1. The number of rotatable bonds is 23. The Morgan fingerprint density at radius 3 is 1.09 bits per heavy atom. The lowest BCUT2D eigenvalue weighted by molar-refractivity contribution is -0.0107. The quantitative estimate of drug-likeness (QED) is 0.0297. The van der Waals surface area contributed by atoms with E-state index in [4.69, 9.17) is 63.2 Å². The second kappa shape index (κ2) is 46.4. The third-order valence-electron chi connectivity index (χ3n) is 29.0. The number of nitrogens with zero attached hydrogens (tertiary/aromatic N) is 6. The van der Waals surface area contributed by atoms with Gasteiger partial charge in [-0.25, -0.2) is 0 Å². The first kappa shape index (κ1) is 97.9. The third-order valence-corrected chi connectivity index (χ3v) is 30.7. The van der Waals surface area contributed by atoms with Crippen molar-refractivity contribution in [3.63, 3.8) is 0 Å². The predicted molar refractivity (Wildman–Crippen MR) is 571 cm³/mol. The van der Waals surface area contributed by atoms with Crippen molar-refractivity contribution in [3.8, 4) is 23.0 Å². The highest BCUT2D eigenvalue weighted by atomic mass is 79.9. The van der Waals surface area contributed by atoms with Gasteiger partial charge in [-0.05, 0) is 310 Å². The number of aryl methyl sites for hydroxylation is 6. The molecular weight excluding hydrogens is 1940 g/mol. The number of aromatic nitrogens is 10. The molecule has 23 rings (SSSR count). The Labute approximate surface area is 851 Å². The Morgan fingerprint density at radius 2 is 0.729 bits per heavy atom. The van der Waals surface area contributed by atoms with Crippen LogP contribution >= 0.6 is 66.7 Å². The number of hydrogen-bond donors (Lipinski definition) is 7. The van der Waals surface area contributed by atoms with E-state index in [1.54, 1.807) is 37.5 Å². The summed E-state index contributed by atoms with van der Waals surface area (Å²) in [6.45, 7) is 8.30. The van der Waals surface area contributed by atoms with E-state index in [1.807, 2.05) is 54.7 Å². The van der Waals surface area contributed by atoms with Crippen LogP contribution in [0, 0.1) is 0 Å². The fraction of sp³-hybridized carbons (Fsp3) is 0.353. The molecule has 0 amide bonds. The predicted octanol–water partition coefficient (Wildman–Crippen LogP) is 27.2. The molecule has 1 fully saturated rings. The van der Waals surface area contributed by atoms with E-state index >= 15 is 0 Å². The molecule has 1 saturated heterocycles. The van der Waals surface area contributed by atoms with Crippen LogP contribution in [0.5, 0.6) is 23.0 Å². The van der Waals surface area contributed by atoms with Crippen LogP contribution in [0.2, 0.25) is 15.1 Å². The van der Waals surface area contributed by atoms with Crippen molar-refractivity contribution in [3.05, 3.63) is 357 Å². The molecule has 140 heavy (non-hydrogen) atoms. The summed E-state index contributed by atoms with van der Waals surface area (Å²) in [7, 11) is 3.47. The molecule has 0 spiro atoms. The number of fused-ring (bicyclic) bond motifs is 15. The monoisotopic (exact) mass is 2060 g/mol. The highest BCUT2D eigenvalue weighted by Gasteiger charge is 2.32. The molecule has 1 aliphatic heterocycles. The number of benzene rings is 10. The number of H-pyrrole nitrogens is 5. The van der Waals surface area contributed by atoms with Crippen LogP contribution in [-0.2, 0) is 61.1 Å². The van der Waals surface area contributed by atoms with Gasteiger partial charge in [-0.2, -0.15) is 20.1 Å². The Hall–Kier alpha value is -10.9. The Balaban J connectivity index is 0.000000112. The number of aliphatic hydroxyl groups excluding tert-OH is 2. The largest absolute Gasteiger partial charge is 0.497 e. The summed E-state index contributed by atoms with van der Waals surface area (Å²) in [5.74, 6) is 5.32. The van der Waals surface area contributed by atoms with Crippen molar-refractivity contribution in [2.75, 3.05) is 66.9 Å². The van der Waals surface area contributed by atoms with Gasteiger partial charge in [0.25, 0.3) is 0 Å². The van der Waals surface area contributed by atoms with Crippen molar-refractivity contribution < 1.29 is 38.6 Å². The molecule has 5 aliphatic carbocycles. The number of methoxy groups -OCH3 is 2. The summed E-state index contributed by atoms with van der Waals surface area (Å²) in [5.41, 5.74) is 28.2. The van der Waals surface area contributed by atoms with Crippen molar-refractivity contribution in [2.24, 2.45) is 0 Å². The Bertz CT molecular complexity index is 6790. The highest BCUT2D eigenvalue weighted by molar-refractivity contribution is 9.10. The first-order valence-electron chi connectivity index (χ1n) is 50.0. The maximum Gasteiger partial charge on any atom is 0.119 e. The summed E-state index contributed by atoms with van der Waals surface area (Å²) >= 11 is 26.0. The van der Waals surface area contributed by atoms with Crippen molar-refractivity contribution in [1.82, 2.24) is 54.6 Å². The Kier molecular flexibility index (Phi) is 32.5. The SMILES string of the molecule is CCc1ccc(C2CCCCc3c2[nH]c2ccc(Cl)cc32)cc1.COC(COc1ccc(C2CCCCc3c2[nH]c2ccc(Cl)cc32)cc1)CN1CCOCC1.COc1ccc(C2CCCCc3c2[nH]c2ccc(Cl)cc32)cc1.OC(COc1ccc(C2CCCCc3c2[nH]c2ccc(Br)cc32)cc1)Cn1cccn1.OC(COc1ccc(C2CCCc3c2[nH]c2ccc(Br)cc32)cc1)Cn1nccn1. The van der Waals surface area contributed by atoms with Gasteiger partial charge >= 0.3 is 0 Å². The highest BCUT2D eigenvalue weighted by Crippen LogP contribution is 2.47. The first-order valence-corrected chi connectivity index (χ1v) is 52.7. The van der Waals surface area contributed by atoms with E-state index in [2.05, 4.69) is 254 Å². The van der Waals surface area contributed by atoms with Crippen LogP contribution in [0.15, 0.2) is 252 Å². The molecule has 24 heteroatoms. The number of ether oxygens (including phenoxy) is 6. The van der Waals surface area contributed by atoms with E-state index in [1.165, 1.54) is 220 Å². The van der Waals surface area contributed by atoms with Crippen molar-refractivity contribution >= 4 is 121 Å². The van der Waals surface area contributed by atoms with Gasteiger partial charge in [-0.1, -0.05) is 172 Å². The zero-order valence-electron chi connectivity index (χ0n) is 79.8. The zero-order chi connectivity index (χ0) is 96.0. The molecule has 0 saturated carbocycles. The van der Waals surface area contributed by atoms with Gasteiger partial charge in [-0.15, -0.1) is 0 Å². The number of hydrogen-bond acceptors (Lipinski definition) is 12. The number of aliphatic hydroxyl groups is 2. The van der Waals surface area contributed by atoms with Crippen LogP contribution in [0.25, 0.3) is 54.5 Å². The van der Waals surface area contributed by atoms with Gasteiger partial charge in [0.15, 0.2) is 0 Å². The average Bonchev–Trinajstić information content (AvgIpc) is 1.61. The second-order valence-corrected chi connectivity index (χ2v) is 41.2. The van der Waals surface area contributed by atoms with Gasteiger partial charge in [0.2, 0.25) is 0 Å². The third kappa shape index (κ3) is 23.5. The van der Waals surface area contributed by atoms with E-state index in [-0.39, 0.29) is 19.3 Å². The van der Waals surface area contributed by atoms with Crippen LogP contribution in [0.4, 0.5) is 0 Å². The summed E-state index contributed by atoms with van der Waals surface area (Å²) in [6, 6.07) is 76.2. The Morgan fingerprint density at radius 1 is 0.386 bits per heavy atom. The number of halogens is 5. The number of nitrogens with one attached hydrogen (secondary N) is 5. The lowest BCUT2D eigenvalue weighted by Gasteiger charge is -2.29. The molecule has 6 aliphatic rings. The summed E-state index contributed by atoms with van der Waals surface area (Å²) in [6.07, 6.45) is 29.2. The van der Waals surface area contributed by atoms with Crippen molar-refractivity contribution in [1.29, 1.82) is 0 Å². The van der Waals surface area contributed by atoms with Crippen LogP contribution < -0.4 is 18.9 Å². The molecule has 8 atom stereocenters. The topological polar surface area (TPSA) is 227 Å². The molecule has 17 aromatic rings. The molecule has 726 valence electrons. The molecule has 0 bridgehead atoms. The molecule has 7 N–H and O–H groups in total. The van der Waals surface area contributed by atoms with E-state index in [9.17, 15) is 10.2 Å². The molecular formula is C116H124Br2Cl3N11O8. The summed E-state index contributed by atoms with van der Waals surface area (Å²) < 4.78 is 38.0. The van der Waals surface area contributed by atoms with Gasteiger partial charge in [0.1, 0.15) is 61.1 Å². The fourth-order valence-corrected chi connectivity index (χ4v) is 23.1. The lowest BCUT2D eigenvalue weighted by Crippen LogP contribution is -2.43. The molecule has 19 nitrogen and oxygen atoms in total. The van der Waals surface area contributed by atoms with Crippen LogP contribution in [-0.4, -0.2) is 150 Å². The van der Waals surface area contributed by atoms with E-state index in [0.29, 0.717) is 49.3 Å². The maximum absolute atomic E-state index is 10.2. The molecule has 8 heterocycles. The minimum absolute atomic E-state index is 0.0466. The van der Waals surface area contributed by atoms with Gasteiger partial charge in [-0.3, -0.25) is 9.58 Å². The average molecular weight is 2070 g/mol. The summed E-state index contributed by atoms with van der Waals surface area (Å²) in [4.78, 5) is 22.3. The minimum Gasteiger partial charge on any atom is -0.497 e. The number of aromatic amines is 5. The van der Waals surface area contributed by atoms with E-state index < -0.39 is 12.2 Å². The molecule has 10 aromatic carbocycles.